The largest absolute Gasteiger partial charge is 0.508 e. The van der Waals surface area contributed by atoms with Crippen molar-refractivity contribution in [2.45, 2.75) is 19.9 Å². The van der Waals surface area contributed by atoms with Crippen molar-refractivity contribution in [3.05, 3.63) is 99.3 Å². The molecule has 3 aromatic carbocycles. The van der Waals surface area contributed by atoms with Crippen LogP contribution in [0.15, 0.2) is 60.8 Å². The summed E-state index contributed by atoms with van der Waals surface area (Å²) in [5.41, 5.74) is 14.4. The predicted octanol–water partition coefficient (Wildman–Crippen LogP) is 5.25. The standard InChI is InChI=1S/C28H20ClN3O3/c1-14-19(3-2-4-24(14)32-13-15-5-6-17(29)11-21(15)28(32)35)23-12-31-26(27(30)34)22-10-16-9-18(33)7-8-20(16)25(22)23/h2-9,11-12,33H,10,13H2,1H3,(H2,30,34). The molecule has 0 radical (unpaired) electrons. The van der Waals surface area contributed by atoms with Crippen LogP contribution in [-0.2, 0) is 13.0 Å². The van der Waals surface area contributed by atoms with Crippen LogP contribution in [0.4, 0.5) is 5.69 Å². The molecule has 6 nitrogen and oxygen atoms in total. The highest BCUT2D eigenvalue weighted by Gasteiger charge is 2.32. The lowest BCUT2D eigenvalue weighted by Gasteiger charge is -2.21. The van der Waals surface area contributed by atoms with Crippen LogP contribution in [0.1, 0.15) is 43.1 Å². The quantitative estimate of drug-likeness (QED) is 0.368. The number of aromatic nitrogens is 1. The third-order valence-electron chi connectivity index (χ3n) is 6.90. The minimum absolute atomic E-state index is 0.0870. The van der Waals surface area contributed by atoms with E-state index in [1.54, 1.807) is 35.4 Å². The lowest BCUT2D eigenvalue weighted by atomic mass is 9.91. The van der Waals surface area contributed by atoms with Gasteiger partial charge in [0.2, 0.25) is 0 Å². The van der Waals surface area contributed by atoms with E-state index >= 15 is 0 Å². The van der Waals surface area contributed by atoms with E-state index in [4.69, 9.17) is 17.3 Å². The number of hydrogen-bond donors (Lipinski definition) is 2. The van der Waals surface area contributed by atoms with Crippen molar-refractivity contribution in [3.8, 4) is 28.0 Å². The molecule has 0 bridgehead atoms. The van der Waals surface area contributed by atoms with E-state index in [0.717, 1.165) is 50.2 Å². The molecule has 2 amide bonds. The number of nitrogens with zero attached hydrogens (tertiary/aromatic N) is 2. The van der Waals surface area contributed by atoms with Crippen LogP contribution >= 0.6 is 11.6 Å². The molecule has 1 aromatic heterocycles. The third-order valence-corrected chi connectivity index (χ3v) is 7.14. The van der Waals surface area contributed by atoms with Crippen molar-refractivity contribution in [3.63, 3.8) is 0 Å². The maximum absolute atomic E-state index is 13.2. The number of pyridine rings is 1. The minimum Gasteiger partial charge on any atom is -0.508 e. The minimum atomic E-state index is -0.589. The molecule has 1 aliphatic heterocycles. The zero-order valence-corrected chi connectivity index (χ0v) is 19.6. The summed E-state index contributed by atoms with van der Waals surface area (Å²) in [7, 11) is 0. The first-order valence-corrected chi connectivity index (χ1v) is 11.6. The zero-order valence-electron chi connectivity index (χ0n) is 18.8. The van der Waals surface area contributed by atoms with E-state index in [2.05, 4.69) is 4.98 Å². The van der Waals surface area contributed by atoms with Gasteiger partial charge in [0.05, 0.1) is 6.54 Å². The van der Waals surface area contributed by atoms with E-state index < -0.39 is 5.91 Å². The Morgan fingerprint density at radius 3 is 2.66 bits per heavy atom. The van der Waals surface area contributed by atoms with E-state index in [9.17, 15) is 14.7 Å². The van der Waals surface area contributed by atoms with Gasteiger partial charge in [-0.25, -0.2) is 0 Å². The number of fused-ring (bicyclic) bond motifs is 4. The van der Waals surface area contributed by atoms with Crippen molar-refractivity contribution in [2.75, 3.05) is 4.90 Å². The predicted molar refractivity (Wildman–Crippen MR) is 135 cm³/mol. The van der Waals surface area contributed by atoms with Gasteiger partial charge in [-0.3, -0.25) is 14.6 Å². The van der Waals surface area contributed by atoms with Gasteiger partial charge in [-0.1, -0.05) is 35.9 Å². The summed E-state index contributed by atoms with van der Waals surface area (Å²) in [5.74, 6) is -0.512. The van der Waals surface area contributed by atoms with Crippen molar-refractivity contribution >= 4 is 29.1 Å². The lowest BCUT2D eigenvalue weighted by Crippen LogP contribution is -2.24. The Bertz CT molecular complexity index is 1600. The topological polar surface area (TPSA) is 96.5 Å². The Hall–Kier alpha value is -4.16. The average molecular weight is 482 g/mol. The number of primary amides is 1. The third kappa shape index (κ3) is 3.21. The molecule has 2 aliphatic rings. The first kappa shape index (κ1) is 21.4. The Morgan fingerprint density at radius 2 is 1.86 bits per heavy atom. The number of phenols is 1. The van der Waals surface area contributed by atoms with Gasteiger partial charge in [0.15, 0.2) is 0 Å². The number of amides is 2. The average Bonchev–Trinajstić information content (AvgIpc) is 3.36. The Labute approximate surface area is 206 Å². The van der Waals surface area contributed by atoms with Crippen LogP contribution in [-0.4, -0.2) is 21.9 Å². The van der Waals surface area contributed by atoms with Crippen LogP contribution in [0, 0.1) is 6.92 Å². The maximum Gasteiger partial charge on any atom is 0.267 e. The highest BCUT2D eigenvalue weighted by atomic mass is 35.5. The summed E-state index contributed by atoms with van der Waals surface area (Å²) in [5, 5.41) is 10.5. The van der Waals surface area contributed by atoms with Gasteiger partial charge >= 0.3 is 0 Å². The van der Waals surface area contributed by atoms with Gasteiger partial charge in [0.1, 0.15) is 11.4 Å². The number of benzene rings is 3. The second kappa shape index (κ2) is 7.68. The Balaban J connectivity index is 1.52. The molecule has 2 heterocycles. The Kier molecular flexibility index (Phi) is 4.69. The summed E-state index contributed by atoms with van der Waals surface area (Å²) in [6, 6.07) is 16.4. The van der Waals surface area contributed by atoms with Gasteiger partial charge in [-0.15, -0.1) is 0 Å². The molecule has 3 N–H and O–H groups in total. The first-order valence-electron chi connectivity index (χ1n) is 11.2. The van der Waals surface area contributed by atoms with Crippen LogP contribution in [0.3, 0.4) is 0 Å². The molecule has 0 saturated carbocycles. The van der Waals surface area contributed by atoms with E-state index in [0.29, 0.717) is 23.6 Å². The molecule has 7 heteroatoms. The number of phenolic OH excluding ortho intramolecular Hbond substituents is 1. The summed E-state index contributed by atoms with van der Waals surface area (Å²) in [6.45, 7) is 2.45. The smallest absolute Gasteiger partial charge is 0.267 e. The van der Waals surface area contributed by atoms with Gasteiger partial charge < -0.3 is 15.7 Å². The van der Waals surface area contributed by atoms with Gasteiger partial charge in [-0.2, -0.15) is 0 Å². The molecule has 0 spiro atoms. The van der Waals surface area contributed by atoms with Gasteiger partial charge in [-0.05, 0) is 76.2 Å². The molecule has 0 unspecified atom stereocenters. The number of hydrogen-bond acceptors (Lipinski definition) is 4. The second-order valence-electron chi connectivity index (χ2n) is 8.90. The van der Waals surface area contributed by atoms with E-state index in [1.807, 2.05) is 37.3 Å². The highest BCUT2D eigenvalue weighted by Crippen LogP contribution is 2.46. The monoisotopic (exact) mass is 481 g/mol. The zero-order chi connectivity index (χ0) is 24.4. The first-order chi connectivity index (χ1) is 16.8. The second-order valence-corrected chi connectivity index (χ2v) is 9.34. The normalized spacial score (nSPS) is 13.5. The number of carbonyl (C=O) groups is 2. The van der Waals surface area contributed by atoms with Crippen molar-refractivity contribution in [1.29, 1.82) is 0 Å². The molecule has 35 heavy (non-hydrogen) atoms. The molecule has 6 rings (SSSR count). The summed E-state index contributed by atoms with van der Waals surface area (Å²) < 4.78 is 0. The molecule has 0 atom stereocenters. The number of rotatable bonds is 3. The van der Waals surface area contributed by atoms with Crippen LogP contribution < -0.4 is 10.6 Å². The molecule has 4 aromatic rings. The number of carbonyl (C=O) groups excluding carboxylic acids is 2. The SMILES string of the molecule is Cc1c(-c2cnc(C(N)=O)c3c2-c2ccc(O)cc2C3)cccc1N1Cc2ccc(Cl)cc2C1=O. The summed E-state index contributed by atoms with van der Waals surface area (Å²) >= 11 is 6.13. The molecule has 1 aliphatic carbocycles. The number of nitrogens with two attached hydrogens (primary N) is 1. The lowest BCUT2D eigenvalue weighted by molar-refractivity contribution is 0.0987. The molecular weight excluding hydrogens is 462 g/mol. The fraction of sp³-hybridized carbons (Fsp3) is 0.107. The van der Waals surface area contributed by atoms with Crippen molar-refractivity contribution in [2.24, 2.45) is 5.73 Å². The van der Waals surface area contributed by atoms with Gasteiger partial charge in [0, 0.05) is 34.5 Å². The Morgan fingerprint density at radius 1 is 1.03 bits per heavy atom. The molecule has 172 valence electrons. The van der Waals surface area contributed by atoms with Crippen LogP contribution in [0.25, 0.3) is 22.3 Å². The fourth-order valence-corrected chi connectivity index (χ4v) is 5.46. The summed E-state index contributed by atoms with van der Waals surface area (Å²) in [4.78, 5) is 31.6. The number of halogens is 1. The van der Waals surface area contributed by atoms with Crippen molar-refractivity contribution < 1.29 is 14.7 Å². The maximum atomic E-state index is 13.2. The number of aromatic hydroxyl groups is 1. The molecular formula is C28H20ClN3O3. The van der Waals surface area contributed by atoms with Crippen LogP contribution in [0.5, 0.6) is 5.75 Å². The van der Waals surface area contributed by atoms with Crippen molar-refractivity contribution in [1.82, 2.24) is 4.98 Å². The van der Waals surface area contributed by atoms with E-state index in [1.165, 1.54) is 0 Å². The van der Waals surface area contributed by atoms with Gasteiger partial charge in [0.25, 0.3) is 11.8 Å². The molecule has 0 saturated heterocycles. The van der Waals surface area contributed by atoms with Crippen LogP contribution in [0.2, 0.25) is 5.02 Å². The van der Waals surface area contributed by atoms with E-state index in [-0.39, 0.29) is 17.4 Å². The summed E-state index contributed by atoms with van der Waals surface area (Å²) in [6.07, 6.45) is 2.13. The highest BCUT2D eigenvalue weighted by molar-refractivity contribution is 6.31. The molecule has 0 fully saturated rings. The fourth-order valence-electron chi connectivity index (χ4n) is 5.28. The number of anilines is 1.